The van der Waals surface area contributed by atoms with Gasteiger partial charge in [0.15, 0.2) is 0 Å². The van der Waals surface area contributed by atoms with E-state index >= 15 is 0 Å². The summed E-state index contributed by atoms with van der Waals surface area (Å²) < 4.78 is 11.6. The Labute approximate surface area is 139 Å². The summed E-state index contributed by atoms with van der Waals surface area (Å²) in [6, 6.07) is 15.2. The summed E-state index contributed by atoms with van der Waals surface area (Å²) in [5, 5.41) is 0.667. The Morgan fingerprint density at radius 1 is 0.917 bits per heavy atom. The fourth-order valence-corrected chi connectivity index (χ4v) is 2.79. The number of hydrogen-bond donors (Lipinski definition) is 0. The Morgan fingerprint density at radius 3 is 2.29 bits per heavy atom. The van der Waals surface area contributed by atoms with E-state index in [1.165, 1.54) is 14.2 Å². The van der Waals surface area contributed by atoms with E-state index < -0.39 is 11.9 Å². The van der Waals surface area contributed by atoms with Crippen molar-refractivity contribution in [3.8, 4) is 0 Å². The second-order valence-electron chi connectivity index (χ2n) is 5.33. The van der Waals surface area contributed by atoms with Gasteiger partial charge in [0, 0.05) is 23.6 Å². The molecule has 5 nitrogen and oxygen atoms in total. The van der Waals surface area contributed by atoms with Crippen molar-refractivity contribution in [2.45, 2.75) is 6.54 Å². The SMILES string of the molecule is COC(=O)c1ccc2c(ccn2Cc2ccccc2)c1C(=O)OC. The minimum atomic E-state index is -0.562. The Kier molecular flexibility index (Phi) is 4.33. The number of benzene rings is 2. The van der Waals surface area contributed by atoms with Crippen molar-refractivity contribution < 1.29 is 19.1 Å². The number of ether oxygens (including phenoxy) is 2. The first-order valence-corrected chi connectivity index (χ1v) is 7.48. The number of aromatic nitrogens is 1. The second-order valence-corrected chi connectivity index (χ2v) is 5.33. The van der Waals surface area contributed by atoms with Crippen molar-refractivity contribution in [3.63, 3.8) is 0 Å². The number of methoxy groups -OCH3 is 2. The van der Waals surface area contributed by atoms with E-state index in [0.717, 1.165) is 11.1 Å². The van der Waals surface area contributed by atoms with Crippen LogP contribution in [0.2, 0.25) is 0 Å². The Balaban J connectivity index is 2.13. The van der Waals surface area contributed by atoms with E-state index in [1.54, 1.807) is 6.07 Å². The van der Waals surface area contributed by atoms with Crippen molar-refractivity contribution >= 4 is 22.8 Å². The molecule has 5 heteroatoms. The fourth-order valence-electron chi connectivity index (χ4n) is 2.79. The lowest BCUT2D eigenvalue weighted by Crippen LogP contribution is -2.12. The number of carbonyl (C=O) groups excluding carboxylic acids is 2. The average molecular weight is 323 g/mol. The van der Waals surface area contributed by atoms with Crippen LogP contribution in [0.1, 0.15) is 26.3 Å². The van der Waals surface area contributed by atoms with Crippen LogP contribution in [0.4, 0.5) is 0 Å². The third kappa shape index (κ3) is 2.76. The number of rotatable bonds is 4. The molecule has 0 bridgehead atoms. The molecule has 0 N–H and O–H groups in total. The maximum atomic E-state index is 12.2. The van der Waals surface area contributed by atoms with E-state index in [0.29, 0.717) is 11.9 Å². The standard InChI is InChI=1S/C19H17NO4/c1-23-18(21)15-8-9-16-14(17(15)19(22)24-2)10-11-20(16)12-13-6-4-3-5-7-13/h3-11H,12H2,1-2H3. The molecule has 0 amide bonds. The quantitative estimate of drug-likeness (QED) is 0.692. The lowest BCUT2D eigenvalue weighted by molar-refractivity contribution is 0.0557. The Hall–Kier alpha value is -3.08. The van der Waals surface area contributed by atoms with Gasteiger partial charge in [0.1, 0.15) is 0 Å². The first-order chi connectivity index (χ1) is 11.7. The van der Waals surface area contributed by atoms with Gasteiger partial charge in [-0.3, -0.25) is 0 Å². The maximum absolute atomic E-state index is 12.2. The predicted molar refractivity (Wildman–Crippen MR) is 90.2 cm³/mol. The molecule has 0 aliphatic rings. The molecule has 0 atom stereocenters. The van der Waals surface area contributed by atoms with Gasteiger partial charge < -0.3 is 14.0 Å². The van der Waals surface area contributed by atoms with Gasteiger partial charge in [-0.25, -0.2) is 9.59 Å². The van der Waals surface area contributed by atoms with Crippen LogP contribution in [-0.2, 0) is 16.0 Å². The van der Waals surface area contributed by atoms with Gasteiger partial charge in [0.2, 0.25) is 0 Å². The van der Waals surface area contributed by atoms with Crippen LogP contribution in [0.5, 0.6) is 0 Å². The number of hydrogen-bond acceptors (Lipinski definition) is 4. The smallest absolute Gasteiger partial charge is 0.339 e. The molecule has 0 unspecified atom stereocenters. The topological polar surface area (TPSA) is 57.5 Å². The summed E-state index contributed by atoms with van der Waals surface area (Å²) in [5.41, 5.74) is 2.43. The van der Waals surface area contributed by atoms with E-state index in [1.807, 2.05) is 53.2 Å². The lowest BCUT2D eigenvalue weighted by Gasteiger charge is -2.10. The van der Waals surface area contributed by atoms with Gasteiger partial charge in [-0.1, -0.05) is 30.3 Å². The minimum absolute atomic E-state index is 0.203. The molecular formula is C19H17NO4. The highest BCUT2D eigenvalue weighted by Gasteiger charge is 2.22. The molecule has 0 saturated heterocycles. The normalized spacial score (nSPS) is 10.6. The zero-order valence-electron chi connectivity index (χ0n) is 13.5. The van der Waals surface area contributed by atoms with E-state index in [4.69, 9.17) is 9.47 Å². The van der Waals surface area contributed by atoms with Crippen LogP contribution in [0.3, 0.4) is 0 Å². The fraction of sp³-hybridized carbons (Fsp3) is 0.158. The van der Waals surface area contributed by atoms with Crippen LogP contribution in [0.15, 0.2) is 54.7 Å². The highest BCUT2D eigenvalue weighted by molar-refractivity contribution is 6.12. The van der Waals surface area contributed by atoms with Gasteiger partial charge in [-0.2, -0.15) is 0 Å². The Morgan fingerprint density at radius 2 is 1.62 bits per heavy atom. The summed E-state index contributed by atoms with van der Waals surface area (Å²) in [6.45, 7) is 0.669. The molecule has 0 saturated carbocycles. The van der Waals surface area contributed by atoms with Gasteiger partial charge in [-0.05, 0) is 23.8 Å². The number of nitrogens with zero attached hydrogens (tertiary/aromatic N) is 1. The van der Waals surface area contributed by atoms with E-state index in [2.05, 4.69) is 0 Å². The first kappa shape index (κ1) is 15.8. The van der Waals surface area contributed by atoms with Crippen molar-refractivity contribution in [2.75, 3.05) is 14.2 Å². The first-order valence-electron chi connectivity index (χ1n) is 7.48. The van der Waals surface area contributed by atoms with Crippen LogP contribution < -0.4 is 0 Å². The third-order valence-corrected chi connectivity index (χ3v) is 3.94. The molecule has 24 heavy (non-hydrogen) atoms. The van der Waals surface area contributed by atoms with Crippen molar-refractivity contribution in [1.29, 1.82) is 0 Å². The minimum Gasteiger partial charge on any atom is -0.465 e. The maximum Gasteiger partial charge on any atom is 0.339 e. The number of carbonyl (C=O) groups is 2. The Bertz CT molecular complexity index is 896. The summed E-state index contributed by atoms with van der Waals surface area (Å²) in [5.74, 6) is -1.12. The molecule has 0 aliphatic carbocycles. The molecule has 0 spiro atoms. The van der Waals surface area contributed by atoms with E-state index in [9.17, 15) is 9.59 Å². The highest BCUT2D eigenvalue weighted by atomic mass is 16.5. The van der Waals surface area contributed by atoms with Gasteiger partial charge in [-0.15, -0.1) is 0 Å². The highest BCUT2D eigenvalue weighted by Crippen LogP contribution is 2.26. The summed E-state index contributed by atoms with van der Waals surface area (Å²) in [6.07, 6.45) is 1.89. The van der Waals surface area contributed by atoms with Gasteiger partial charge in [0.25, 0.3) is 0 Å². The molecule has 1 aromatic heterocycles. The van der Waals surface area contributed by atoms with Crippen LogP contribution >= 0.6 is 0 Å². The summed E-state index contributed by atoms with van der Waals surface area (Å²) in [7, 11) is 2.58. The van der Waals surface area contributed by atoms with Crippen molar-refractivity contribution in [1.82, 2.24) is 4.57 Å². The van der Waals surface area contributed by atoms with Crippen molar-refractivity contribution in [3.05, 3.63) is 71.4 Å². The average Bonchev–Trinajstić information content (AvgIpc) is 3.03. The third-order valence-electron chi connectivity index (χ3n) is 3.94. The van der Waals surface area contributed by atoms with Crippen LogP contribution in [-0.4, -0.2) is 30.7 Å². The summed E-state index contributed by atoms with van der Waals surface area (Å²) in [4.78, 5) is 24.2. The molecule has 1 heterocycles. The zero-order valence-corrected chi connectivity index (χ0v) is 13.5. The van der Waals surface area contributed by atoms with Crippen LogP contribution in [0, 0.1) is 0 Å². The molecule has 3 rings (SSSR count). The molecule has 122 valence electrons. The number of esters is 2. The predicted octanol–water partition coefficient (Wildman–Crippen LogP) is 3.26. The zero-order chi connectivity index (χ0) is 17.1. The molecule has 0 radical (unpaired) electrons. The molecule has 0 aliphatic heterocycles. The molecular weight excluding hydrogens is 306 g/mol. The van der Waals surface area contributed by atoms with Crippen molar-refractivity contribution in [2.24, 2.45) is 0 Å². The van der Waals surface area contributed by atoms with Gasteiger partial charge in [0.05, 0.1) is 25.3 Å². The molecule has 2 aromatic carbocycles. The monoisotopic (exact) mass is 323 g/mol. The summed E-state index contributed by atoms with van der Waals surface area (Å²) >= 11 is 0. The number of fused-ring (bicyclic) bond motifs is 1. The molecule has 3 aromatic rings. The second kappa shape index (κ2) is 6.58. The molecule has 0 fully saturated rings. The van der Waals surface area contributed by atoms with E-state index in [-0.39, 0.29) is 11.1 Å². The lowest BCUT2D eigenvalue weighted by atomic mass is 10.0. The van der Waals surface area contributed by atoms with Crippen LogP contribution in [0.25, 0.3) is 10.9 Å². The largest absolute Gasteiger partial charge is 0.465 e. The van der Waals surface area contributed by atoms with Gasteiger partial charge >= 0.3 is 11.9 Å².